The lowest BCUT2D eigenvalue weighted by molar-refractivity contribution is 0.0774. The van der Waals surface area contributed by atoms with Gasteiger partial charge in [0.1, 0.15) is 23.8 Å². The van der Waals surface area contributed by atoms with E-state index in [0.29, 0.717) is 12.3 Å². The van der Waals surface area contributed by atoms with Gasteiger partial charge in [-0.2, -0.15) is 5.10 Å². The Morgan fingerprint density at radius 2 is 1.87 bits per heavy atom. The molecule has 2 heterocycles. The molecule has 0 aliphatic heterocycles. The van der Waals surface area contributed by atoms with Crippen LogP contribution >= 0.6 is 0 Å². The molecule has 0 saturated carbocycles. The van der Waals surface area contributed by atoms with E-state index in [-0.39, 0.29) is 30.3 Å². The number of amides is 1. The van der Waals surface area contributed by atoms with Crippen LogP contribution in [0.5, 0.6) is 11.5 Å². The predicted octanol–water partition coefficient (Wildman–Crippen LogP) is 2.61. The molecule has 3 rings (SSSR count). The summed E-state index contributed by atoms with van der Waals surface area (Å²) < 4.78 is 12.3. The number of pyridine rings is 1. The Kier molecular flexibility index (Phi) is 7.02. The van der Waals surface area contributed by atoms with Crippen molar-refractivity contribution < 1.29 is 14.3 Å². The maximum absolute atomic E-state index is 12.9. The fourth-order valence-electron chi connectivity index (χ4n) is 3.21. The van der Waals surface area contributed by atoms with Gasteiger partial charge in [-0.1, -0.05) is 18.2 Å². The normalized spacial score (nSPS) is 10.6. The number of aromatic nitrogens is 3. The number of benzene rings is 1. The smallest absolute Gasteiger partial charge is 0.274 e. The van der Waals surface area contributed by atoms with E-state index in [1.807, 2.05) is 44.2 Å². The molecular formula is C23H26N4O4. The fraction of sp³-hybridized carbons (Fsp3) is 0.304. The largest absolute Gasteiger partial charge is 0.496 e. The summed E-state index contributed by atoms with van der Waals surface area (Å²) in [6, 6.07) is 12.1. The topological polar surface area (TPSA) is 86.6 Å². The molecule has 3 aromatic rings. The molecule has 1 aromatic carbocycles. The average molecular weight is 422 g/mol. The van der Waals surface area contributed by atoms with E-state index >= 15 is 0 Å². The highest BCUT2D eigenvalue weighted by Crippen LogP contribution is 2.24. The molecule has 0 radical (unpaired) electrons. The van der Waals surface area contributed by atoms with E-state index in [1.54, 1.807) is 20.4 Å². The number of hydrogen-bond acceptors (Lipinski definition) is 6. The lowest BCUT2D eigenvalue weighted by Crippen LogP contribution is -2.32. The Labute approximate surface area is 181 Å². The number of carbonyl (C=O) groups is 1. The maximum Gasteiger partial charge on any atom is 0.274 e. The van der Waals surface area contributed by atoms with Crippen molar-refractivity contribution in [1.82, 2.24) is 19.7 Å². The van der Waals surface area contributed by atoms with Crippen LogP contribution in [0.25, 0.3) is 0 Å². The number of para-hydroxylation sites is 1. The van der Waals surface area contributed by atoms with E-state index in [4.69, 9.17) is 9.47 Å². The number of hydrogen-bond donors (Lipinski definition) is 0. The third-order valence-electron chi connectivity index (χ3n) is 4.88. The minimum absolute atomic E-state index is 0.179. The van der Waals surface area contributed by atoms with Crippen molar-refractivity contribution in [3.63, 3.8) is 0 Å². The first-order valence-corrected chi connectivity index (χ1v) is 9.91. The van der Waals surface area contributed by atoms with Crippen LogP contribution in [0.15, 0.2) is 53.5 Å². The van der Waals surface area contributed by atoms with Gasteiger partial charge in [0.25, 0.3) is 11.5 Å². The Bertz CT molecular complexity index is 1110. The SMILES string of the molecule is COc1c(C)cnc(CN(C)C(=O)c2ccc(=O)n(CCOc3ccccc3)n2)c1C. The molecule has 8 nitrogen and oxygen atoms in total. The summed E-state index contributed by atoms with van der Waals surface area (Å²) in [5.41, 5.74) is 2.44. The lowest BCUT2D eigenvalue weighted by atomic mass is 10.1. The van der Waals surface area contributed by atoms with Crippen LogP contribution in [-0.2, 0) is 13.1 Å². The third kappa shape index (κ3) is 5.28. The molecular weight excluding hydrogens is 396 g/mol. The standard InChI is InChI=1S/C23H26N4O4/c1-16-14-24-20(17(2)22(16)30-4)15-26(3)23(29)19-10-11-21(28)27(25-19)12-13-31-18-8-6-5-7-9-18/h5-11,14H,12-13,15H2,1-4H3. The van der Waals surface area contributed by atoms with Crippen molar-refractivity contribution in [2.24, 2.45) is 0 Å². The van der Waals surface area contributed by atoms with Crippen LogP contribution in [0.4, 0.5) is 0 Å². The number of nitrogens with zero attached hydrogens (tertiary/aromatic N) is 4. The monoisotopic (exact) mass is 422 g/mol. The first kappa shape index (κ1) is 22.0. The number of ether oxygens (including phenoxy) is 2. The zero-order chi connectivity index (χ0) is 22.4. The molecule has 0 atom stereocenters. The van der Waals surface area contributed by atoms with Gasteiger partial charge >= 0.3 is 0 Å². The lowest BCUT2D eigenvalue weighted by Gasteiger charge is -2.19. The summed E-state index contributed by atoms with van der Waals surface area (Å²) in [6.07, 6.45) is 1.73. The van der Waals surface area contributed by atoms with Crippen LogP contribution in [-0.4, -0.2) is 46.3 Å². The first-order valence-electron chi connectivity index (χ1n) is 9.91. The van der Waals surface area contributed by atoms with Crippen LogP contribution in [0.3, 0.4) is 0 Å². The molecule has 31 heavy (non-hydrogen) atoms. The van der Waals surface area contributed by atoms with E-state index in [2.05, 4.69) is 10.1 Å². The highest BCUT2D eigenvalue weighted by Gasteiger charge is 2.18. The second kappa shape index (κ2) is 9.88. The second-order valence-electron chi connectivity index (χ2n) is 7.15. The minimum Gasteiger partial charge on any atom is -0.496 e. The summed E-state index contributed by atoms with van der Waals surface area (Å²) in [4.78, 5) is 31.0. The van der Waals surface area contributed by atoms with Gasteiger partial charge < -0.3 is 14.4 Å². The zero-order valence-corrected chi connectivity index (χ0v) is 18.2. The number of methoxy groups -OCH3 is 1. The highest BCUT2D eigenvalue weighted by atomic mass is 16.5. The van der Waals surface area contributed by atoms with Crippen molar-refractivity contribution in [3.8, 4) is 11.5 Å². The molecule has 0 aliphatic carbocycles. The summed E-state index contributed by atoms with van der Waals surface area (Å²) in [7, 11) is 3.29. The fourth-order valence-corrected chi connectivity index (χ4v) is 3.21. The van der Waals surface area contributed by atoms with E-state index in [0.717, 1.165) is 22.6 Å². The number of carbonyl (C=O) groups excluding carboxylic acids is 1. The van der Waals surface area contributed by atoms with Gasteiger partial charge in [0.05, 0.1) is 25.9 Å². The molecule has 0 unspecified atom stereocenters. The van der Waals surface area contributed by atoms with Gasteiger partial charge in [0, 0.05) is 30.4 Å². The van der Waals surface area contributed by atoms with Crippen LogP contribution < -0.4 is 15.0 Å². The van der Waals surface area contributed by atoms with E-state index in [1.165, 1.54) is 21.7 Å². The molecule has 2 aromatic heterocycles. The van der Waals surface area contributed by atoms with Gasteiger partial charge in [-0.05, 0) is 32.0 Å². The Balaban J connectivity index is 1.70. The second-order valence-corrected chi connectivity index (χ2v) is 7.15. The van der Waals surface area contributed by atoms with Gasteiger partial charge in [0.2, 0.25) is 0 Å². The third-order valence-corrected chi connectivity index (χ3v) is 4.88. The van der Waals surface area contributed by atoms with Crippen molar-refractivity contribution in [2.75, 3.05) is 20.8 Å². The van der Waals surface area contributed by atoms with Crippen molar-refractivity contribution in [3.05, 3.63) is 81.5 Å². The molecule has 8 heteroatoms. The van der Waals surface area contributed by atoms with Crippen LogP contribution in [0, 0.1) is 13.8 Å². The highest BCUT2D eigenvalue weighted by molar-refractivity contribution is 5.91. The summed E-state index contributed by atoms with van der Waals surface area (Å²) in [6.45, 7) is 4.62. The van der Waals surface area contributed by atoms with Gasteiger partial charge in [-0.3, -0.25) is 14.6 Å². The molecule has 162 valence electrons. The molecule has 0 aliphatic rings. The van der Waals surface area contributed by atoms with Crippen molar-refractivity contribution in [1.29, 1.82) is 0 Å². The predicted molar refractivity (Wildman–Crippen MR) is 116 cm³/mol. The summed E-state index contributed by atoms with van der Waals surface area (Å²) in [5.74, 6) is 1.16. The molecule has 0 fully saturated rings. The first-order chi connectivity index (χ1) is 14.9. The quantitative estimate of drug-likeness (QED) is 0.555. The minimum atomic E-state index is -0.307. The molecule has 0 bridgehead atoms. The average Bonchev–Trinajstić information content (AvgIpc) is 2.77. The summed E-state index contributed by atoms with van der Waals surface area (Å²) in [5, 5.41) is 4.22. The zero-order valence-electron chi connectivity index (χ0n) is 18.2. The van der Waals surface area contributed by atoms with Gasteiger partial charge in [0.15, 0.2) is 0 Å². The van der Waals surface area contributed by atoms with Crippen molar-refractivity contribution in [2.45, 2.75) is 26.9 Å². The Hall–Kier alpha value is -3.68. The number of rotatable bonds is 8. The van der Waals surface area contributed by atoms with Gasteiger partial charge in [-0.25, -0.2) is 4.68 Å². The van der Waals surface area contributed by atoms with Crippen LogP contribution in [0.1, 0.15) is 27.3 Å². The van der Waals surface area contributed by atoms with Gasteiger partial charge in [-0.15, -0.1) is 0 Å². The van der Waals surface area contributed by atoms with E-state index in [9.17, 15) is 9.59 Å². The maximum atomic E-state index is 12.9. The number of aryl methyl sites for hydroxylation is 1. The Morgan fingerprint density at radius 3 is 2.58 bits per heavy atom. The Morgan fingerprint density at radius 1 is 1.13 bits per heavy atom. The molecule has 0 saturated heterocycles. The van der Waals surface area contributed by atoms with E-state index < -0.39 is 0 Å². The molecule has 1 amide bonds. The molecule has 0 spiro atoms. The molecule has 0 N–H and O–H groups in total. The van der Waals surface area contributed by atoms with Crippen molar-refractivity contribution >= 4 is 5.91 Å². The summed E-state index contributed by atoms with van der Waals surface area (Å²) >= 11 is 0. The van der Waals surface area contributed by atoms with Crippen LogP contribution in [0.2, 0.25) is 0 Å².